The SMILES string of the molecule is Cc1nn(C)c(C)c1C(C)N[C@H](C)CCO. The Bertz CT molecular complexity index is 346. The molecule has 2 atom stereocenters. The number of aromatic nitrogens is 2. The van der Waals surface area contributed by atoms with Gasteiger partial charge in [-0.1, -0.05) is 0 Å². The molecule has 1 aromatic heterocycles. The van der Waals surface area contributed by atoms with Crippen LogP contribution in [0.15, 0.2) is 0 Å². The molecule has 0 aromatic carbocycles. The minimum Gasteiger partial charge on any atom is -0.396 e. The number of nitrogens with one attached hydrogen (secondary N) is 1. The molecule has 16 heavy (non-hydrogen) atoms. The second-order valence-corrected chi connectivity index (χ2v) is 4.51. The first-order valence-electron chi connectivity index (χ1n) is 5.84. The highest BCUT2D eigenvalue weighted by Gasteiger charge is 2.17. The summed E-state index contributed by atoms with van der Waals surface area (Å²) in [6, 6.07) is 0.592. The molecule has 0 radical (unpaired) electrons. The maximum Gasteiger partial charge on any atom is 0.0644 e. The Balaban J connectivity index is 2.76. The molecule has 4 heteroatoms. The third-order valence-electron chi connectivity index (χ3n) is 3.09. The summed E-state index contributed by atoms with van der Waals surface area (Å²) in [4.78, 5) is 0. The van der Waals surface area contributed by atoms with E-state index in [4.69, 9.17) is 5.11 Å². The van der Waals surface area contributed by atoms with Gasteiger partial charge in [-0.25, -0.2) is 0 Å². The molecule has 0 aliphatic heterocycles. The van der Waals surface area contributed by atoms with Crippen molar-refractivity contribution in [3.63, 3.8) is 0 Å². The number of hydrogen-bond donors (Lipinski definition) is 2. The smallest absolute Gasteiger partial charge is 0.0644 e. The largest absolute Gasteiger partial charge is 0.396 e. The maximum absolute atomic E-state index is 8.88. The number of hydrogen-bond acceptors (Lipinski definition) is 3. The van der Waals surface area contributed by atoms with Crippen molar-refractivity contribution >= 4 is 0 Å². The second kappa shape index (κ2) is 5.46. The summed E-state index contributed by atoms with van der Waals surface area (Å²) in [5.41, 5.74) is 3.55. The molecule has 1 rings (SSSR count). The lowest BCUT2D eigenvalue weighted by atomic mass is 10.1. The van der Waals surface area contributed by atoms with Gasteiger partial charge in [0.25, 0.3) is 0 Å². The summed E-state index contributed by atoms with van der Waals surface area (Å²) >= 11 is 0. The number of rotatable bonds is 5. The molecule has 0 bridgehead atoms. The molecule has 1 aromatic rings. The monoisotopic (exact) mass is 225 g/mol. The third-order valence-corrected chi connectivity index (χ3v) is 3.09. The van der Waals surface area contributed by atoms with Gasteiger partial charge in [-0.05, 0) is 34.1 Å². The molecular formula is C12H23N3O. The zero-order chi connectivity index (χ0) is 12.3. The van der Waals surface area contributed by atoms with Crippen LogP contribution < -0.4 is 5.32 Å². The van der Waals surface area contributed by atoms with E-state index < -0.39 is 0 Å². The molecule has 1 heterocycles. The van der Waals surface area contributed by atoms with E-state index in [0.717, 1.165) is 12.1 Å². The van der Waals surface area contributed by atoms with E-state index in [1.807, 2.05) is 18.7 Å². The van der Waals surface area contributed by atoms with E-state index in [2.05, 4.69) is 31.2 Å². The molecular weight excluding hydrogens is 202 g/mol. The van der Waals surface area contributed by atoms with Crippen molar-refractivity contribution in [2.45, 2.75) is 46.2 Å². The van der Waals surface area contributed by atoms with Crippen LogP contribution in [0.25, 0.3) is 0 Å². The molecule has 0 spiro atoms. The summed E-state index contributed by atoms with van der Waals surface area (Å²) in [7, 11) is 1.97. The van der Waals surface area contributed by atoms with Crippen LogP contribution in [-0.4, -0.2) is 27.5 Å². The van der Waals surface area contributed by atoms with Crippen molar-refractivity contribution in [1.82, 2.24) is 15.1 Å². The van der Waals surface area contributed by atoms with Crippen molar-refractivity contribution in [3.8, 4) is 0 Å². The number of aryl methyl sites for hydroxylation is 2. The summed E-state index contributed by atoms with van der Waals surface area (Å²) in [5, 5.41) is 16.8. The molecule has 0 saturated heterocycles. The Morgan fingerprint density at radius 2 is 2.00 bits per heavy atom. The summed E-state index contributed by atoms with van der Waals surface area (Å²) in [6.45, 7) is 8.59. The zero-order valence-corrected chi connectivity index (χ0v) is 10.9. The molecule has 0 aliphatic carbocycles. The van der Waals surface area contributed by atoms with Crippen molar-refractivity contribution in [1.29, 1.82) is 0 Å². The Morgan fingerprint density at radius 1 is 1.38 bits per heavy atom. The minimum absolute atomic E-state index is 0.228. The van der Waals surface area contributed by atoms with Gasteiger partial charge in [0.2, 0.25) is 0 Å². The summed E-state index contributed by atoms with van der Waals surface area (Å²) in [5.74, 6) is 0. The average Bonchev–Trinajstić information content (AvgIpc) is 2.41. The summed E-state index contributed by atoms with van der Waals surface area (Å²) < 4.78 is 1.92. The van der Waals surface area contributed by atoms with Gasteiger partial charge in [0.1, 0.15) is 0 Å². The van der Waals surface area contributed by atoms with Crippen LogP contribution >= 0.6 is 0 Å². The van der Waals surface area contributed by atoms with Gasteiger partial charge in [-0.2, -0.15) is 5.10 Å². The third kappa shape index (κ3) is 2.83. The lowest BCUT2D eigenvalue weighted by Gasteiger charge is -2.20. The molecule has 0 saturated carbocycles. The lowest BCUT2D eigenvalue weighted by Crippen LogP contribution is -2.30. The highest BCUT2D eigenvalue weighted by Crippen LogP contribution is 2.21. The number of nitrogens with zero attached hydrogens (tertiary/aromatic N) is 2. The Labute approximate surface area is 97.7 Å². The van der Waals surface area contributed by atoms with Gasteiger partial charge < -0.3 is 10.4 Å². The van der Waals surface area contributed by atoms with E-state index in [0.29, 0.717) is 6.04 Å². The average molecular weight is 225 g/mol. The van der Waals surface area contributed by atoms with E-state index >= 15 is 0 Å². The fourth-order valence-corrected chi connectivity index (χ4v) is 2.20. The maximum atomic E-state index is 8.88. The fraction of sp³-hybridized carbons (Fsp3) is 0.750. The zero-order valence-electron chi connectivity index (χ0n) is 10.9. The van der Waals surface area contributed by atoms with E-state index in [-0.39, 0.29) is 12.6 Å². The number of aliphatic hydroxyl groups is 1. The first-order chi connectivity index (χ1) is 7.47. The first kappa shape index (κ1) is 13.2. The van der Waals surface area contributed by atoms with Crippen LogP contribution in [0.3, 0.4) is 0 Å². The van der Waals surface area contributed by atoms with E-state index in [1.165, 1.54) is 11.3 Å². The van der Waals surface area contributed by atoms with Crippen molar-refractivity contribution in [2.75, 3.05) is 6.61 Å². The van der Waals surface area contributed by atoms with Crippen molar-refractivity contribution in [2.24, 2.45) is 7.05 Å². The van der Waals surface area contributed by atoms with Crippen LogP contribution in [-0.2, 0) is 7.05 Å². The molecule has 1 unspecified atom stereocenters. The van der Waals surface area contributed by atoms with Crippen LogP contribution in [0, 0.1) is 13.8 Å². The topological polar surface area (TPSA) is 50.1 Å². The van der Waals surface area contributed by atoms with Gasteiger partial charge in [-0.15, -0.1) is 0 Å². The highest BCUT2D eigenvalue weighted by molar-refractivity contribution is 5.27. The predicted octanol–water partition coefficient (Wildman–Crippen LogP) is 1.46. The fourth-order valence-electron chi connectivity index (χ4n) is 2.20. The minimum atomic E-state index is 0.228. The Morgan fingerprint density at radius 3 is 2.44 bits per heavy atom. The van der Waals surface area contributed by atoms with Crippen molar-refractivity contribution in [3.05, 3.63) is 17.0 Å². The van der Waals surface area contributed by atoms with Crippen LogP contribution in [0.5, 0.6) is 0 Å². The van der Waals surface area contributed by atoms with Gasteiger partial charge in [-0.3, -0.25) is 4.68 Å². The molecule has 92 valence electrons. The first-order valence-corrected chi connectivity index (χ1v) is 5.84. The van der Waals surface area contributed by atoms with Gasteiger partial charge in [0, 0.05) is 37.0 Å². The Hall–Kier alpha value is -0.870. The highest BCUT2D eigenvalue weighted by atomic mass is 16.3. The molecule has 0 aliphatic rings. The molecule has 0 amide bonds. The lowest BCUT2D eigenvalue weighted by molar-refractivity contribution is 0.264. The van der Waals surface area contributed by atoms with Gasteiger partial charge in [0.15, 0.2) is 0 Å². The van der Waals surface area contributed by atoms with Gasteiger partial charge >= 0.3 is 0 Å². The Kier molecular flexibility index (Phi) is 4.50. The molecule has 2 N–H and O–H groups in total. The standard InChI is InChI=1S/C12H23N3O/c1-8(6-7-16)13-9(2)12-10(3)14-15(5)11(12)4/h8-9,13,16H,6-7H2,1-5H3/t8-,9?/m1/s1. The quantitative estimate of drug-likeness (QED) is 0.797. The summed E-state index contributed by atoms with van der Waals surface area (Å²) in [6.07, 6.45) is 0.780. The molecule has 0 fully saturated rings. The predicted molar refractivity (Wildman–Crippen MR) is 65.4 cm³/mol. The normalized spacial score (nSPS) is 15.1. The van der Waals surface area contributed by atoms with Gasteiger partial charge in [0.05, 0.1) is 5.69 Å². The van der Waals surface area contributed by atoms with Crippen LogP contribution in [0.2, 0.25) is 0 Å². The van der Waals surface area contributed by atoms with E-state index in [1.54, 1.807) is 0 Å². The van der Waals surface area contributed by atoms with E-state index in [9.17, 15) is 0 Å². The van der Waals surface area contributed by atoms with Crippen LogP contribution in [0.1, 0.15) is 43.3 Å². The van der Waals surface area contributed by atoms with Crippen molar-refractivity contribution < 1.29 is 5.11 Å². The number of aliphatic hydroxyl groups excluding tert-OH is 1. The van der Waals surface area contributed by atoms with Crippen LogP contribution in [0.4, 0.5) is 0 Å². The second-order valence-electron chi connectivity index (χ2n) is 4.51. The molecule has 4 nitrogen and oxygen atoms in total.